The number of hydrazone groups is 1. The molecular weight excluding hydrogens is 340 g/mol. The SMILES string of the molecule is CCOC(=O)C(CCc1ccc(C=NN)cc1)(CC(=O)O)C(=O)OCC. The lowest BCUT2D eigenvalue weighted by Gasteiger charge is -2.27. The van der Waals surface area contributed by atoms with E-state index in [0.29, 0.717) is 6.42 Å². The van der Waals surface area contributed by atoms with Crippen LogP contribution in [0.1, 0.15) is 37.8 Å². The highest BCUT2D eigenvalue weighted by atomic mass is 16.6. The maximum absolute atomic E-state index is 12.5. The molecule has 0 spiro atoms. The van der Waals surface area contributed by atoms with Gasteiger partial charge >= 0.3 is 17.9 Å². The summed E-state index contributed by atoms with van der Waals surface area (Å²) in [5.74, 6) is 2.05. The zero-order chi connectivity index (χ0) is 19.6. The van der Waals surface area contributed by atoms with Crippen molar-refractivity contribution in [1.29, 1.82) is 0 Å². The minimum absolute atomic E-state index is 0.0345. The van der Waals surface area contributed by atoms with E-state index in [1.54, 1.807) is 38.1 Å². The van der Waals surface area contributed by atoms with Gasteiger partial charge in [-0.25, -0.2) is 0 Å². The Bertz CT molecular complexity index is 636. The van der Waals surface area contributed by atoms with Crippen molar-refractivity contribution < 1.29 is 29.0 Å². The quantitative estimate of drug-likeness (QED) is 0.212. The Morgan fingerprint density at radius 3 is 2.08 bits per heavy atom. The van der Waals surface area contributed by atoms with Crippen LogP contribution in [-0.2, 0) is 30.3 Å². The molecule has 8 heteroatoms. The van der Waals surface area contributed by atoms with Crippen molar-refractivity contribution in [3.05, 3.63) is 35.4 Å². The van der Waals surface area contributed by atoms with Gasteiger partial charge < -0.3 is 20.4 Å². The van der Waals surface area contributed by atoms with Gasteiger partial charge in [0.15, 0.2) is 5.41 Å². The number of esters is 2. The van der Waals surface area contributed by atoms with Crippen LogP contribution < -0.4 is 5.84 Å². The molecule has 0 bridgehead atoms. The zero-order valence-electron chi connectivity index (χ0n) is 14.9. The third-order valence-corrected chi connectivity index (χ3v) is 3.83. The largest absolute Gasteiger partial charge is 0.481 e. The monoisotopic (exact) mass is 364 g/mol. The lowest BCUT2D eigenvalue weighted by Crippen LogP contribution is -2.44. The molecule has 0 amide bonds. The summed E-state index contributed by atoms with van der Waals surface area (Å²) >= 11 is 0. The second-order valence-corrected chi connectivity index (χ2v) is 5.61. The van der Waals surface area contributed by atoms with Crippen molar-refractivity contribution in [3.63, 3.8) is 0 Å². The molecular formula is C18H24N2O6. The fourth-order valence-corrected chi connectivity index (χ4v) is 2.53. The predicted molar refractivity (Wildman–Crippen MR) is 94.5 cm³/mol. The summed E-state index contributed by atoms with van der Waals surface area (Å²) in [6.07, 6.45) is 1.05. The van der Waals surface area contributed by atoms with Gasteiger partial charge in [-0.15, -0.1) is 0 Å². The summed E-state index contributed by atoms with van der Waals surface area (Å²) in [6.45, 7) is 3.25. The summed E-state index contributed by atoms with van der Waals surface area (Å²) in [4.78, 5) is 36.2. The molecule has 3 N–H and O–H groups in total. The average molecular weight is 364 g/mol. The number of nitrogens with two attached hydrogens (primary N) is 1. The maximum Gasteiger partial charge on any atom is 0.324 e. The number of benzene rings is 1. The normalized spacial score (nSPS) is 11.3. The number of hydrogen-bond acceptors (Lipinski definition) is 7. The number of carbonyl (C=O) groups excluding carboxylic acids is 2. The fourth-order valence-electron chi connectivity index (χ4n) is 2.53. The van der Waals surface area contributed by atoms with Gasteiger partial charge in [0.25, 0.3) is 0 Å². The summed E-state index contributed by atoms with van der Waals surface area (Å²) in [6, 6.07) is 7.14. The van der Waals surface area contributed by atoms with Crippen LogP contribution >= 0.6 is 0 Å². The lowest BCUT2D eigenvalue weighted by atomic mass is 9.78. The Labute approximate surface area is 152 Å². The van der Waals surface area contributed by atoms with Crippen molar-refractivity contribution in [2.24, 2.45) is 16.4 Å². The molecule has 1 rings (SSSR count). The second kappa shape index (κ2) is 10.2. The minimum Gasteiger partial charge on any atom is -0.481 e. The van der Waals surface area contributed by atoms with Crippen LogP contribution in [0.4, 0.5) is 0 Å². The molecule has 0 radical (unpaired) electrons. The van der Waals surface area contributed by atoms with E-state index >= 15 is 0 Å². The van der Waals surface area contributed by atoms with E-state index in [9.17, 15) is 19.5 Å². The van der Waals surface area contributed by atoms with E-state index in [1.807, 2.05) is 0 Å². The Hall–Kier alpha value is -2.90. The molecule has 1 aromatic rings. The summed E-state index contributed by atoms with van der Waals surface area (Å²) in [5, 5.41) is 12.7. The number of ether oxygens (including phenoxy) is 2. The zero-order valence-corrected chi connectivity index (χ0v) is 14.9. The first kappa shape index (κ1) is 21.1. The van der Waals surface area contributed by atoms with Gasteiger partial charge in [-0.1, -0.05) is 24.3 Å². The van der Waals surface area contributed by atoms with Crippen molar-refractivity contribution in [2.45, 2.75) is 33.1 Å². The molecule has 0 aliphatic carbocycles. The van der Waals surface area contributed by atoms with Crippen molar-refractivity contribution in [3.8, 4) is 0 Å². The number of aryl methyl sites for hydroxylation is 1. The van der Waals surface area contributed by atoms with Gasteiger partial charge in [0.2, 0.25) is 0 Å². The van der Waals surface area contributed by atoms with Crippen LogP contribution in [0, 0.1) is 5.41 Å². The number of nitrogens with zero attached hydrogens (tertiary/aromatic N) is 1. The van der Waals surface area contributed by atoms with E-state index < -0.39 is 29.7 Å². The van der Waals surface area contributed by atoms with Crippen LogP contribution in [0.15, 0.2) is 29.4 Å². The molecule has 0 atom stereocenters. The van der Waals surface area contributed by atoms with Gasteiger partial charge in [0.05, 0.1) is 25.8 Å². The molecule has 0 saturated heterocycles. The standard InChI is InChI=1S/C18H24N2O6/c1-3-25-16(23)18(11-15(21)22,17(24)26-4-2)10-9-13-5-7-14(8-6-13)12-20-19/h5-8,12H,3-4,9-11,19H2,1-2H3,(H,21,22). The number of carboxylic acids is 1. The smallest absolute Gasteiger partial charge is 0.324 e. The van der Waals surface area contributed by atoms with E-state index in [1.165, 1.54) is 6.21 Å². The second-order valence-electron chi connectivity index (χ2n) is 5.61. The van der Waals surface area contributed by atoms with Crippen LogP contribution in [0.2, 0.25) is 0 Å². The molecule has 0 saturated carbocycles. The average Bonchev–Trinajstić information content (AvgIpc) is 2.60. The van der Waals surface area contributed by atoms with Crippen LogP contribution in [0.5, 0.6) is 0 Å². The molecule has 26 heavy (non-hydrogen) atoms. The number of carboxylic acid groups (broad SMARTS) is 1. The van der Waals surface area contributed by atoms with Gasteiger partial charge in [-0.2, -0.15) is 5.10 Å². The molecule has 0 aliphatic rings. The summed E-state index contributed by atoms with van der Waals surface area (Å²) in [7, 11) is 0. The Morgan fingerprint density at radius 2 is 1.65 bits per heavy atom. The Morgan fingerprint density at radius 1 is 1.12 bits per heavy atom. The van der Waals surface area contributed by atoms with E-state index in [4.69, 9.17) is 15.3 Å². The highest BCUT2D eigenvalue weighted by molar-refractivity contribution is 6.02. The topological polar surface area (TPSA) is 128 Å². The Kier molecular flexibility index (Phi) is 8.27. The summed E-state index contributed by atoms with van der Waals surface area (Å²) < 4.78 is 9.96. The van der Waals surface area contributed by atoms with Crippen molar-refractivity contribution in [1.82, 2.24) is 0 Å². The third kappa shape index (κ3) is 5.58. The maximum atomic E-state index is 12.5. The van der Waals surface area contributed by atoms with Crippen molar-refractivity contribution in [2.75, 3.05) is 13.2 Å². The minimum atomic E-state index is -1.88. The van der Waals surface area contributed by atoms with E-state index in [-0.39, 0.29) is 19.6 Å². The molecule has 0 unspecified atom stereocenters. The van der Waals surface area contributed by atoms with Gasteiger partial charge in [0, 0.05) is 0 Å². The van der Waals surface area contributed by atoms with Gasteiger partial charge in [0.1, 0.15) is 0 Å². The molecule has 0 fully saturated rings. The number of rotatable bonds is 10. The lowest BCUT2D eigenvalue weighted by molar-refractivity contribution is -0.176. The highest BCUT2D eigenvalue weighted by Gasteiger charge is 2.50. The number of hydrogen-bond donors (Lipinski definition) is 2. The van der Waals surface area contributed by atoms with Crippen LogP contribution in [0.25, 0.3) is 0 Å². The molecule has 142 valence electrons. The third-order valence-electron chi connectivity index (χ3n) is 3.83. The molecule has 8 nitrogen and oxygen atoms in total. The molecule has 0 aromatic heterocycles. The van der Waals surface area contributed by atoms with Crippen LogP contribution in [0.3, 0.4) is 0 Å². The van der Waals surface area contributed by atoms with Crippen LogP contribution in [-0.4, -0.2) is 42.4 Å². The van der Waals surface area contributed by atoms with Gasteiger partial charge in [-0.05, 0) is 37.8 Å². The fraction of sp³-hybridized carbons (Fsp3) is 0.444. The predicted octanol–water partition coefficient (Wildman–Crippen LogP) is 1.50. The van der Waals surface area contributed by atoms with E-state index in [2.05, 4.69) is 5.10 Å². The van der Waals surface area contributed by atoms with Crippen molar-refractivity contribution >= 4 is 24.1 Å². The highest BCUT2D eigenvalue weighted by Crippen LogP contribution is 2.32. The number of aliphatic carboxylic acids is 1. The molecule has 0 aliphatic heterocycles. The first-order valence-electron chi connectivity index (χ1n) is 8.28. The molecule has 1 aromatic carbocycles. The first-order valence-corrected chi connectivity index (χ1v) is 8.28. The Balaban J connectivity index is 3.10. The summed E-state index contributed by atoms with van der Waals surface area (Å²) in [5.41, 5.74) is -0.263. The number of carbonyl (C=O) groups is 3. The first-order chi connectivity index (χ1) is 12.4. The van der Waals surface area contributed by atoms with E-state index in [0.717, 1.165) is 11.1 Å². The molecule has 0 heterocycles. The van der Waals surface area contributed by atoms with Gasteiger partial charge in [-0.3, -0.25) is 14.4 Å².